The van der Waals surface area contributed by atoms with Gasteiger partial charge in [-0.2, -0.15) is 5.10 Å². The second-order valence-electron chi connectivity index (χ2n) is 7.88. The number of hydrogen-bond donors (Lipinski definition) is 5. The molecule has 3 heterocycles. The standard InChI is InChI=1S/C21H28N6O/c22-18(17-3-2-15(10-19(17)28)16-11-25-26-12-16)4-5-20(23)27-9-7-21(14-27)6-1-8-24-13-21/h2-5,10-12,24,28H,1,6-9,13-14,22-23H2,(H,25,26)/b18-4-,20-5+. The molecule has 1 spiro atoms. The van der Waals surface area contributed by atoms with Gasteiger partial charge in [-0.05, 0) is 55.7 Å². The first-order valence-electron chi connectivity index (χ1n) is 9.77. The van der Waals surface area contributed by atoms with E-state index in [1.807, 2.05) is 18.2 Å². The van der Waals surface area contributed by atoms with Crippen LogP contribution in [0, 0.1) is 5.41 Å². The molecule has 1 aromatic heterocycles. The van der Waals surface area contributed by atoms with Crippen LogP contribution in [0.3, 0.4) is 0 Å². The van der Waals surface area contributed by atoms with E-state index in [0.717, 1.165) is 43.1 Å². The first kappa shape index (κ1) is 18.4. The maximum Gasteiger partial charge on any atom is 0.125 e. The van der Waals surface area contributed by atoms with Crippen LogP contribution in [0.4, 0.5) is 0 Å². The molecule has 7 heteroatoms. The van der Waals surface area contributed by atoms with Gasteiger partial charge in [0, 0.05) is 48.1 Å². The van der Waals surface area contributed by atoms with E-state index in [1.165, 1.54) is 19.3 Å². The number of phenolic OH excluding ortho intramolecular Hbond substituents is 1. The van der Waals surface area contributed by atoms with Crippen molar-refractivity contribution in [2.45, 2.75) is 19.3 Å². The zero-order chi connectivity index (χ0) is 19.6. The number of phenols is 1. The van der Waals surface area contributed by atoms with E-state index < -0.39 is 0 Å². The first-order chi connectivity index (χ1) is 13.6. The Morgan fingerprint density at radius 2 is 2.11 bits per heavy atom. The number of rotatable bonds is 4. The van der Waals surface area contributed by atoms with E-state index in [9.17, 15) is 5.11 Å². The molecular weight excluding hydrogens is 352 g/mol. The number of aromatic hydroxyl groups is 1. The number of likely N-dealkylation sites (tertiary alicyclic amines) is 1. The van der Waals surface area contributed by atoms with E-state index in [4.69, 9.17) is 11.5 Å². The van der Waals surface area contributed by atoms with Gasteiger partial charge in [0.05, 0.1) is 12.0 Å². The summed E-state index contributed by atoms with van der Waals surface area (Å²) in [4.78, 5) is 2.23. The quantitative estimate of drug-likeness (QED) is 0.518. The minimum Gasteiger partial charge on any atom is -0.507 e. The van der Waals surface area contributed by atoms with Gasteiger partial charge in [0.1, 0.15) is 5.75 Å². The number of hydrogen-bond acceptors (Lipinski definition) is 6. The SMILES string of the molecule is N/C(=C\C=C(/N)N1CCC2(CCCNC2)C1)c1ccc(-c2cn[nH]c2)cc1O. The Labute approximate surface area is 165 Å². The van der Waals surface area contributed by atoms with Gasteiger partial charge in [0.25, 0.3) is 0 Å². The molecule has 7 nitrogen and oxygen atoms in total. The van der Waals surface area contributed by atoms with Crippen LogP contribution in [0.2, 0.25) is 0 Å². The summed E-state index contributed by atoms with van der Waals surface area (Å²) in [6.45, 7) is 4.16. The van der Waals surface area contributed by atoms with Crippen LogP contribution in [0.15, 0.2) is 48.6 Å². The van der Waals surface area contributed by atoms with Gasteiger partial charge in [-0.25, -0.2) is 0 Å². The van der Waals surface area contributed by atoms with Crippen molar-refractivity contribution in [1.29, 1.82) is 0 Å². The number of aromatic nitrogens is 2. The Morgan fingerprint density at radius 3 is 2.82 bits per heavy atom. The third-order valence-electron chi connectivity index (χ3n) is 5.94. The van der Waals surface area contributed by atoms with Crippen molar-refractivity contribution in [2.24, 2.45) is 16.9 Å². The molecule has 2 aromatic rings. The second-order valence-corrected chi connectivity index (χ2v) is 7.88. The highest BCUT2D eigenvalue weighted by molar-refractivity contribution is 5.74. The summed E-state index contributed by atoms with van der Waals surface area (Å²) in [7, 11) is 0. The molecule has 148 valence electrons. The lowest BCUT2D eigenvalue weighted by Gasteiger charge is -2.34. The molecule has 4 rings (SSSR count). The molecule has 7 N–H and O–H groups in total. The molecule has 0 aliphatic carbocycles. The van der Waals surface area contributed by atoms with E-state index in [2.05, 4.69) is 20.4 Å². The predicted octanol–water partition coefficient (Wildman–Crippen LogP) is 1.96. The molecule has 2 aliphatic rings. The van der Waals surface area contributed by atoms with Gasteiger partial charge >= 0.3 is 0 Å². The van der Waals surface area contributed by atoms with Crippen molar-refractivity contribution in [3.05, 3.63) is 54.1 Å². The van der Waals surface area contributed by atoms with Crippen LogP contribution < -0.4 is 16.8 Å². The summed E-state index contributed by atoms with van der Waals surface area (Å²) in [5.41, 5.74) is 15.7. The maximum absolute atomic E-state index is 10.4. The van der Waals surface area contributed by atoms with E-state index >= 15 is 0 Å². The Balaban J connectivity index is 1.46. The highest BCUT2D eigenvalue weighted by atomic mass is 16.3. The summed E-state index contributed by atoms with van der Waals surface area (Å²) < 4.78 is 0. The average molecular weight is 380 g/mol. The summed E-state index contributed by atoms with van der Waals surface area (Å²) >= 11 is 0. The third kappa shape index (κ3) is 3.71. The van der Waals surface area contributed by atoms with Crippen molar-refractivity contribution >= 4 is 5.70 Å². The molecule has 0 amide bonds. The summed E-state index contributed by atoms with van der Waals surface area (Å²) in [5, 5.41) is 20.6. The normalized spacial score (nSPS) is 23.5. The summed E-state index contributed by atoms with van der Waals surface area (Å²) in [6, 6.07) is 5.41. The Kier molecular flexibility index (Phi) is 5.00. The number of benzene rings is 1. The molecule has 2 aliphatic heterocycles. The molecule has 2 saturated heterocycles. The highest BCUT2D eigenvalue weighted by Gasteiger charge is 2.39. The molecule has 1 unspecified atom stereocenters. The third-order valence-corrected chi connectivity index (χ3v) is 5.94. The first-order valence-corrected chi connectivity index (χ1v) is 9.77. The topological polar surface area (TPSA) is 116 Å². The minimum atomic E-state index is 0.132. The number of aromatic amines is 1. The lowest BCUT2D eigenvalue weighted by Crippen LogP contribution is -2.42. The van der Waals surface area contributed by atoms with Gasteiger partial charge in [-0.1, -0.05) is 6.07 Å². The van der Waals surface area contributed by atoms with Gasteiger partial charge in [-0.15, -0.1) is 0 Å². The van der Waals surface area contributed by atoms with E-state index in [1.54, 1.807) is 24.5 Å². The maximum atomic E-state index is 10.4. The fourth-order valence-electron chi connectivity index (χ4n) is 4.27. The smallest absolute Gasteiger partial charge is 0.125 e. The molecule has 1 atom stereocenters. The fraction of sp³-hybridized carbons (Fsp3) is 0.381. The van der Waals surface area contributed by atoms with E-state index in [-0.39, 0.29) is 5.75 Å². The van der Waals surface area contributed by atoms with Gasteiger partial charge in [-0.3, -0.25) is 5.10 Å². The molecule has 28 heavy (non-hydrogen) atoms. The number of H-pyrrole nitrogens is 1. The monoisotopic (exact) mass is 380 g/mol. The molecular formula is C21H28N6O. The zero-order valence-corrected chi connectivity index (χ0v) is 16.0. The molecule has 2 fully saturated rings. The average Bonchev–Trinajstić information content (AvgIpc) is 3.37. The molecule has 1 aromatic carbocycles. The van der Waals surface area contributed by atoms with Crippen LogP contribution in [0.25, 0.3) is 16.8 Å². The molecule has 0 saturated carbocycles. The lowest BCUT2D eigenvalue weighted by molar-refractivity contribution is 0.215. The van der Waals surface area contributed by atoms with Crippen LogP contribution in [-0.2, 0) is 0 Å². The number of allylic oxidation sites excluding steroid dienone is 2. The van der Waals surface area contributed by atoms with Crippen LogP contribution in [0.1, 0.15) is 24.8 Å². The Morgan fingerprint density at radius 1 is 1.21 bits per heavy atom. The van der Waals surface area contributed by atoms with Crippen molar-refractivity contribution in [2.75, 3.05) is 26.2 Å². The van der Waals surface area contributed by atoms with Crippen LogP contribution in [-0.4, -0.2) is 46.4 Å². The Hall–Kier alpha value is -2.93. The number of piperidine rings is 1. The second kappa shape index (κ2) is 7.59. The summed E-state index contributed by atoms with van der Waals surface area (Å²) in [6.07, 6.45) is 10.8. The van der Waals surface area contributed by atoms with Crippen molar-refractivity contribution in [3.8, 4) is 16.9 Å². The molecule has 0 radical (unpaired) electrons. The predicted molar refractivity (Wildman–Crippen MR) is 111 cm³/mol. The lowest BCUT2D eigenvalue weighted by atomic mass is 9.80. The van der Waals surface area contributed by atoms with E-state index in [0.29, 0.717) is 16.7 Å². The van der Waals surface area contributed by atoms with Crippen LogP contribution in [0.5, 0.6) is 5.75 Å². The van der Waals surface area contributed by atoms with Gasteiger partial charge < -0.3 is 26.8 Å². The fourth-order valence-corrected chi connectivity index (χ4v) is 4.27. The molecule has 0 bridgehead atoms. The van der Waals surface area contributed by atoms with Gasteiger partial charge in [0.2, 0.25) is 0 Å². The zero-order valence-electron chi connectivity index (χ0n) is 16.0. The number of nitrogens with zero attached hydrogens (tertiary/aromatic N) is 2. The Bertz CT molecular complexity index is 880. The van der Waals surface area contributed by atoms with Crippen LogP contribution >= 0.6 is 0 Å². The van der Waals surface area contributed by atoms with Crippen molar-refractivity contribution in [3.63, 3.8) is 0 Å². The largest absolute Gasteiger partial charge is 0.507 e. The number of nitrogens with two attached hydrogens (primary N) is 2. The van der Waals surface area contributed by atoms with Gasteiger partial charge in [0.15, 0.2) is 0 Å². The van der Waals surface area contributed by atoms with Crippen molar-refractivity contribution in [1.82, 2.24) is 20.4 Å². The highest BCUT2D eigenvalue weighted by Crippen LogP contribution is 2.37. The van der Waals surface area contributed by atoms with Crippen molar-refractivity contribution < 1.29 is 5.11 Å². The summed E-state index contributed by atoms with van der Waals surface area (Å²) in [5.74, 6) is 0.854. The number of nitrogens with one attached hydrogen (secondary N) is 2. The minimum absolute atomic E-state index is 0.132.